The average molecular weight is 428 g/mol. The van der Waals surface area contributed by atoms with Gasteiger partial charge in [0.1, 0.15) is 0 Å². The molecule has 1 atom stereocenters. The molecule has 0 aliphatic heterocycles. The number of nitriles is 1. The molecule has 3 aromatic rings. The van der Waals surface area contributed by atoms with Crippen molar-refractivity contribution in [2.24, 2.45) is 0 Å². The highest BCUT2D eigenvalue weighted by Crippen LogP contribution is 2.41. The summed E-state index contributed by atoms with van der Waals surface area (Å²) in [6.07, 6.45) is 5.31. The molecule has 0 bridgehead atoms. The number of fused-ring (bicyclic) bond motifs is 1. The molecular formula is C22H22ClN3O2S. The first kappa shape index (κ1) is 21.0. The lowest BCUT2D eigenvalue weighted by molar-refractivity contribution is 0.419. The molecule has 29 heavy (non-hydrogen) atoms. The minimum atomic E-state index is -3.41. The van der Waals surface area contributed by atoms with Crippen LogP contribution in [-0.4, -0.2) is 19.2 Å². The van der Waals surface area contributed by atoms with Crippen LogP contribution in [0.5, 0.6) is 0 Å². The second kappa shape index (κ2) is 7.94. The fourth-order valence-electron chi connectivity index (χ4n) is 3.94. The largest absolute Gasteiger partial charge is 0.333 e. The van der Waals surface area contributed by atoms with Crippen molar-refractivity contribution >= 4 is 38.2 Å². The van der Waals surface area contributed by atoms with Crippen LogP contribution >= 0.6 is 11.6 Å². The summed E-state index contributed by atoms with van der Waals surface area (Å²) < 4.78 is 28.2. The number of hydrogen-bond acceptors (Lipinski definition) is 3. The molecule has 0 saturated heterocycles. The molecule has 0 saturated carbocycles. The molecule has 1 heterocycles. The van der Waals surface area contributed by atoms with Crippen molar-refractivity contribution in [3.05, 3.63) is 77.0 Å². The monoisotopic (exact) mass is 427 g/mol. The van der Waals surface area contributed by atoms with Gasteiger partial charge in [-0.1, -0.05) is 36.7 Å². The van der Waals surface area contributed by atoms with Crippen LogP contribution in [0.25, 0.3) is 10.9 Å². The quantitative estimate of drug-likeness (QED) is 0.543. The van der Waals surface area contributed by atoms with Crippen LogP contribution in [0, 0.1) is 11.3 Å². The second-order valence-electron chi connectivity index (χ2n) is 6.98. The molecule has 0 aliphatic rings. The summed E-state index contributed by atoms with van der Waals surface area (Å²) in [4.78, 5) is 0. The number of rotatable bonds is 6. The number of allylic oxidation sites excluding steroid dienone is 2. The van der Waals surface area contributed by atoms with E-state index >= 15 is 0 Å². The Kier molecular flexibility index (Phi) is 5.74. The number of anilines is 1. The van der Waals surface area contributed by atoms with Crippen LogP contribution in [0.4, 0.5) is 5.69 Å². The Labute approximate surface area is 176 Å². The number of benzene rings is 2. The zero-order valence-electron chi connectivity index (χ0n) is 16.5. The molecule has 0 radical (unpaired) electrons. The van der Waals surface area contributed by atoms with Crippen molar-refractivity contribution in [3.8, 4) is 6.07 Å². The molecule has 1 aromatic heterocycles. The topological polar surface area (TPSA) is 74.9 Å². The van der Waals surface area contributed by atoms with Gasteiger partial charge in [-0.25, -0.2) is 8.42 Å². The van der Waals surface area contributed by atoms with E-state index in [0.29, 0.717) is 17.1 Å². The van der Waals surface area contributed by atoms with Gasteiger partial charge in [-0.2, -0.15) is 5.26 Å². The first-order chi connectivity index (χ1) is 13.7. The van der Waals surface area contributed by atoms with E-state index in [2.05, 4.69) is 22.3 Å². The van der Waals surface area contributed by atoms with Crippen LogP contribution in [0.3, 0.4) is 0 Å². The van der Waals surface area contributed by atoms with Gasteiger partial charge < -0.3 is 4.57 Å². The van der Waals surface area contributed by atoms with Gasteiger partial charge in [0, 0.05) is 22.7 Å². The predicted molar refractivity (Wildman–Crippen MR) is 119 cm³/mol. The summed E-state index contributed by atoms with van der Waals surface area (Å²) in [5.41, 5.74) is 2.63. The molecule has 1 unspecified atom stereocenters. The summed E-state index contributed by atoms with van der Waals surface area (Å²) in [5.74, 6) is 0. The Morgan fingerprint density at radius 1 is 1.24 bits per heavy atom. The van der Waals surface area contributed by atoms with Crippen LogP contribution in [-0.2, 0) is 15.6 Å². The number of nitrogens with one attached hydrogen (secondary N) is 1. The highest BCUT2D eigenvalue weighted by Gasteiger charge is 2.35. The van der Waals surface area contributed by atoms with E-state index in [1.807, 2.05) is 55.6 Å². The van der Waals surface area contributed by atoms with Crippen molar-refractivity contribution in [1.82, 2.24) is 4.57 Å². The molecular weight excluding hydrogens is 406 g/mol. The van der Waals surface area contributed by atoms with Crippen molar-refractivity contribution < 1.29 is 8.42 Å². The summed E-state index contributed by atoms with van der Waals surface area (Å²) >= 11 is 6.11. The highest BCUT2D eigenvalue weighted by atomic mass is 35.5. The number of nitrogens with zero attached hydrogens (tertiary/aromatic N) is 2. The van der Waals surface area contributed by atoms with E-state index in [9.17, 15) is 13.7 Å². The van der Waals surface area contributed by atoms with Gasteiger partial charge in [0.05, 0.1) is 29.1 Å². The lowest BCUT2D eigenvalue weighted by Gasteiger charge is -2.37. The molecule has 5 nitrogen and oxygen atoms in total. The first-order valence-electron chi connectivity index (χ1n) is 9.14. The van der Waals surface area contributed by atoms with Crippen LogP contribution in [0.2, 0.25) is 5.02 Å². The Morgan fingerprint density at radius 2 is 1.93 bits per heavy atom. The zero-order valence-corrected chi connectivity index (χ0v) is 18.1. The number of aromatic nitrogens is 1. The third-order valence-electron chi connectivity index (χ3n) is 5.21. The fourth-order valence-corrected chi connectivity index (χ4v) is 4.64. The normalized spacial score (nSPS) is 14.4. The van der Waals surface area contributed by atoms with Crippen LogP contribution in [0.1, 0.15) is 25.8 Å². The van der Waals surface area contributed by atoms with Gasteiger partial charge in [0.25, 0.3) is 0 Å². The van der Waals surface area contributed by atoms with Crippen molar-refractivity contribution in [2.75, 3.05) is 11.0 Å². The first-order valence-corrected chi connectivity index (χ1v) is 11.4. The maximum Gasteiger partial charge on any atom is 0.229 e. The third kappa shape index (κ3) is 3.89. The second-order valence-corrected chi connectivity index (χ2v) is 9.16. The lowest BCUT2D eigenvalue weighted by atomic mass is 9.80. The molecule has 0 fully saturated rings. The van der Waals surface area contributed by atoms with E-state index in [1.165, 1.54) is 0 Å². The zero-order chi connectivity index (χ0) is 21.2. The van der Waals surface area contributed by atoms with Gasteiger partial charge >= 0.3 is 0 Å². The Balaban J connectivity index is 2.34. The van der Waals surface area contributed by atoms with Gasteiger partial charge in [-0.3, -0.25) is 4.72 Å². The standard InChI is InChI=1S/C22H22ClN3O2S/c1-4-22(16(2)12-14-24,17-8-10-18(23)11-9-17)26-15-13-19-20(25-29(3,27)28)6-5-7-21(19)26/h5-13,15,25H,4H2,1-3H3/b16-12-. The van der Waals surface area contributed by atoms with Crippen LogP contribution < -0.4 is 4.72 Å². The third-order valence-corrected chi connectivity index (χ3v) is 6.05. The average Bonchev–Trinajstić information content (AvgIpc) is 3.09. The summed E-state index contributed by atoms with van der Waals surface area (Å²) in [6, 6.07) is 17.1. The van der Waals surface area contributed by atoms with Crippen molar-refractivity contribution in [2.45, 2.75) is 25.8 Å². The predicted octanol–water partition coefficient (Wildman–Crippen LogP) is 5.29. The minimum Gasteiger partial charge on any atom is -0.333 e. The Bertz CT molecular complexity index is 1220. The van der Waals surface area contributed by atoms with Crippen LogP contribution in [0.15, 0.2) is 66.4 Å². The molecule has 3 rings (SSSR count). The molecule has 150 valence electrons. The molecule has 0 aliphatic carbocycles. The number of halogens is 1. The number of hydrogen-bond donors (Lipinski definition) is 1. The lowest BCUT2D eigenvalue weighted by Crippen LogP contribution is -2.35. The van der Waals surface area contributed by atoms with E-state index in [-0.39, 0.29) is 0 Å². The van der Waals surface area contributed by atoms with E-state index in [1.54, 1.807) is 12.1 Å². The summed E-state index contributed by atoms with van der Waals surface area (Å²) in [6.45, 7) is 4.00. The van der Waals surface area contributed by atoms with Gasteiger partial charge in [0.2, 0.25) is 10.0 Å². The van der Waals surface area contributed by atoms with Gasteiger partial charge in [0.15, 0.2) is 0 Å². The van der Waals surface area contributed by atoms with Gasteiger partial charge in [-0.15, -0.1) is 0 Å². The summed E-state index contributed by atoms with van der Waals surface area (Å²) in [5, 5.41) is 10.8. The van der Waals surface area contributed by atoms with E-state index < -0.39 is 15.6 Å². The van der Waals surface area contributed by atoms with Crippen molar-refractivity contribution in [1.29, 1.82) is 5.26 Å². The Morgan fingerprint density at radius 3 is 2.52 bits per heavy atom. The SMILES string of the molecule is CCC(/C(C)=C\C#N)(c1ccc(Cl)cc1)n1ccc2c(NS(C)(=O)=O)cccc21. The summed E-state index contributed by atoms with van der Waals surface area (Å²) in [7, 11) is -3.41. The fraction of sp³-hybridized carbons (Fsp3) is 0.227. The highest BCUT2D eigenvalue weighted by molar-refractivity contribution is 7.92. The molecule has 1 N–H and O–H groups in total. The maximum atomic E-state index is 11.8. The smallest absolute Gasteiger partial charge is 0.229 e. The molecule has 0 amide bonds. The molecule has 7 heteroatoms. The Hall–Kier alpha value is -2.75. The number of sulfonamides is 1. The van der Waals surface area contributed by atoms with E-state index in [0.717, 1.165) is 28.3 Å². The van der Waals surface area contributed by atoms with Crippen molar-refractivity contribution in [3.63, 3.8) is 0 Å². The minimum absolute atomic E-state index is 0.520. The van der Waals surface area contributed by atoms with Gasteiger partial charge in [-0.05, 0) is 54.8 Å². The van der Waals surface area contributed by atoms with E-state index in [4.69, 9.17) is 11.6 Å². The molecule has 2 aromatic carbocycles. The maximum absolute atomic E-state index is 11.8. The molecule has 0 spiro atoms.